The van der Waals surface area contributed by atoms with Crippen molar-refractivity contribution in [1.29, 1.82) is 0 Å². The molecule has 1 amide bonds. The molecule has 0 bridgehead atoms. The largest absolute Gasteiger partial charge is 0.480 e. The standard InChI is InChI=1S/C30H28ClFN6O5S/c1-18-16-37(28(40)9-4-19(2)39)10-11-38(18)29-23-12-20(5-7-25(23)34-17-35-29)21-13-26(30(43-3)33-15-21)36-44(41,42)27-8-6-22(32)14-24(27)31/h4-9,12-15,17-18,36H,10-11,16H2,1-3H3/b9-4+/t18-/m0/s1. The smallest absolute Gasteiger partial charge is 0.263 e. The number of fused-ring (bicyclic) bond motifs is 1. The number of ketones is 1. The second-order valence-corrected chi connectivity index (χ2v) is 12.2. The molecule has 1 atom stereocenters. The molecule has 1 aliphatic heterocycles. The van der Waals surface area contributed by atoms with Crippen molar-refractivity contribution in [2.75, 3.05) is 36.4 Å². The van der Waals surface area contributed by atoms with Gasteiger partial charge in [0.25, 0.3) is 10.0 Å². The van der Waals surface area contributed by atoms with E-state index >= 15 is 0 Å². The SMILES string of the molecule is COc1ncc(-c2ccc3ncnc(N4CCN(C(=O)/C=C/C(C)=O)C[C@@H]4C)c3c2)cc1NS(=O)(=O)c1ccc(F)cc1Cl. The van der Waals surface area contributed by atoms with Crippen LogP contribution >= 0.6 is 11.6 Å². The number of ether oxygens (including phenoxy) is 1. The number of hydrogen-bond donors (Lipinski definition) is 1. The van der Waals surface area contributed by atoms with E-state index in [1.807, 2.05) is 25.1 Å². The number of aromatic nitrogens is 3. The van der Waals surface area contributed by atoms with Gasteiger partial charge in [0.1, 0.15) is 28.5 Å². The summed E-state index contributed by atoms with van der Waals surface area (Å²) in [4.78, 5) is 40.6. The first-order valence-electron chi connectivity index (χ1n) is 13.5. The summed E-state index contributed by atoms with van der Waals surface area (Å²) in [6.45, 7) is 4.78. The normalized spacial score (nSPS) is 15.5. The number of piperazine rings is 1. The molecule has 0 aliphatic carbocycles. The van der Waals surface area contributed by atoms with E-state index in [2.05, 4.69) is 24.6 Å². The zero-order chi connectivity index (χ0) is 31.6. The minimum Gasteiger partial charge on any atom is -0.480 e. The van der Waals surface area contributed by atoms with Gasteiger partial charge < -0.3 is 14.5 Å². The van der Waals surface area contributed by atoms with E-state index in [-0.39, 0.29) is 39.2 Å². The molecule has 228 valence electrons. The Hall–Kier alpha value is -4.62. The molecule has 1 N–H and O–H groups in total. The fraction of sp³-hybridized carbons (Fsp3) is 0.233. The van der Waals surface area contributed by atoms with Gasteiger partial charge in [0.15, 0.2) is 5.78 Å². The lowest BCUT2D eigenvalue weighted by Gasteiger charge is -2.40. The average molecular weight is 639 g/mol. The number of rotatable bonds is 8. The first-order chi connectivity index (χ1) is 21.0. The maximum absolute atomic E-state index is 13.5. The van der Waals surface area contributed by atoms with E-state index < -0.39 is 15.8 Å². The number of pyridine rings is 1. The summed E-state index contributed by atoms with van der Waals surface area (Å²) in [6, 6.07) is 10.1. The molecule has 4 aromatic rings. The molecule has 0 saturated carbocycles. The Kier molecular flexibility index (Phi) is 8.79. The van der Waals surface area contributed by atoms with E-state index in [9.17, 15) is 22.4 Å². The van der Waals surface area contributed by atoms with Gasteiger partial charge in [-0.15, -0.1) is 0 Å². The van der Waals surface area contributed by atoms with Gasteiger partial charge in [-0.25, -0.2) is 27.8 Å². The summed E-state index contributed by atoms with van der Waals surface area (Å²) >= 11 is 6.02. The van der Waals surface area contributed by atoms with Crippen molar-refractivity contribution in [2.45, 2.75) is 24.8 Å². The first-order valence-corrected chi connectivity index (χ1v) is 15.3. The summed E-state index contributed by atoms with van der Waals surface area (Å²) in [5.74, 6) is -0.367. The van der Waals surface area contributed by atoms with E-state index in [0.717, 1.165) is 23.6 Å². The van der Waals surface area contributed by atoms with Crippen LogP contribution in [0.4, 0.5) is 15.9 Å². The number of hydrogen-bond acceptors (Lipinski definition) is 9. The van der Waals surface area contributed by atoms with Crippen LogP contribution in [0.5, 0.6) is 5.88 Å². The third kappa shape index (κ3) is 6.48. The molecule has 14 heteroatoms. The number of nitrogens with zero attached hydrogens (tertiary/aromatic N) is 5. The van der Waals surface area contributed by atoms with Crippen molar-refractivity contribution < 1.29 is 27.1 Å². The van der Waals surface area contributed by atoms with Crippen LogP contribution in [0.2, 0.25) is 5.02 Å². The maximum atomic E-state index is 13.5. The molecule has 1 saturated heterocycles. The van der Waals surface area contributed by atoms with Crippen LogP contribution in [0.3, 0.4) is 0 Å². The molecule has 44 heavy (non-hydrogen) atoms. The van der Waals surface area contributed by atoms with Gasteiger partial charge >= 0.3 is 0 Å². The van der Waals surface area contributed by atoms with E-state index in [1.165, 1.54) is 32.5 Å². The Morgan fingerprint density at radius 1 is 1.07 bits per heavy atom. The van der Waals surface area contributed by atoms with E-state index in [4.69, 9.17) is 16.3 Å². The highest BCUT2D eigenvalue weighted by Gasteiger charge is 2.28. The van der Waals surface area contributed by atoms with Gasteiger partial charge in [-0.1, -0.05) is 17.7 Å². The Labute approximate surface area is 258 Å². The summed E-state index contributed by atoms with van der Waals surface area (Å²) in [5.41, 5.74) is 2.04. The number of sulfonamides is 1. The second-order valence-electron chi connectivity index (χ2n) is 10.2. The van der Waals surface area contributed by atoms with Crippen LogP contribution in [-0.2, 0) is 19.6 Å². The summed E-state index contributed by atoms with van der Waals surface area (Å²) in [7, 11) is -2.86. The van der Waals surface area contributed by atoms with Crippen LogP contribution in [-0.4, -0.2) is 72.7 Å². The predicted molar refractivity (Wildman–Crippen MR) is 165 cm³/mol. The molecular formula is C30H28ClFN6O5S. The predicted octanol–water partition coefficient (Wildman–Crippen LogP) is 4.48. The van der Waals surface area contributed by atoms with Gasteiger partial charge in [0, 0.05) is 48.9 Å². The quantitative estimate of drug-likeness (QED) is 0.277. The number of halogens is 2. The third-order valence-corrected chi connectivity index (χ3v) is 8.94. The van der Waals surface area contributed by atoms with Crippen molar-refractivity contribution in [3.63, 3.8) is 0 Å². The highest BCUT2D eigenvalue weighted by atomic mass is 35.5. The Bertz CT molecular complexity index is 1900. The number of methoxy groups -OCH3 is 1. The molecule has 0 radical (unpaired) electrons. The number of carbonyl (C=O) groups excluding carboxylic acids is 2. The number of benzene rings is 2. The van der Waals surface area contributed by atoms with Gasteiger partial charge in [0.2, 0.25) is 11.8 Å². The minimum absolute atomic E-state index is 0.0276. The van der Waals surface area contributed by atoms with Crippen molar-refractivity contribution in [1.82, 2.24) is 19.9 Å². The van der Waals surface area contributed by atoms with Crippen LogP contribution in [0, 0.1) is 5.82 Å². The van der Waals surface area contributed by atoms with Crippen LogP contribution in [0.15, 0.2) is 72.0 Å². The molecule has 0 unspecified atom stereocenters. The number of allylic oxidation sites excluding steroid dienone is 1. The maximum Gasteiger partial charge on any atom is 0.263 e. The zero-order valence-electron chi connectivity index (χ0n) is 24.0. The Morgan fingerprint density at radius 3 is 2.57 bits per heavy atom. The number of nitrogens with one attached hydrogen (secondary N) is 1. The summed E-state index contributed by atoms with van der Waals surface area (Å²) in [6.07, 6.45) is 5.59. The topological polar surface area (TPSA) is 135 Å². The van der Waals surface area contributed by atoms with Crippen molar-refractivity contribution in [3.8, 4) is 17.0 Å². The fourth-order valence-electron chi connectivity index (χ4n) is 4.96. The van der Waals surface area contributed by atoms with Crippen molar-refractivity contribution in [3.05, 3.63) is 78.0 Å². The Balaban J connectivity index is 1.46. The van der Waals surface area contributed by atoms with E-state index in [1.54, 1.807) is 17.2 Å². The first kappa shape index (κ1) is 30.8. The molecule has 2 aromatic carbocycles. The second kappa shape index (κ2) is 12.5. The number of anilines is 2. The third-order valence-electron chi connectivity index (χ3n) is 7.09. The number of amides is 1. The number of carbonyl (C=O) groups is 2. The van der Waals surface area contributed by atoms with Gasteiger partial charge in [0.05, 0.1) is 17.6 Å². The fourth-order valence-corrected chi connectivity index (χ4v) is 6.54. The molecule has 11 nitrogen and oxygen atoms in total. The zero-order valence-corrected chi connectivity index (χ0v) is 25.6. The molecule has 0 spiro atoms. The minimum atomic E-state index is -4.22. The average Bonchev–Trinajstić information content (AvgIpc) is 2.99. The van der Waals surface area contributed by atoms with Crippen molar-refractivity contribution >= 4 is 55.7 Å². The van der Waals surface area contributed by atoms with Gasteiger partial charge in [-0.3, -0.25) is 14.3 Å². The van der Waals surface area contributed by atoms with E-state index in [0.29, 0.717) is 42.1 Å². The molecule has 3 heterocycles. The van der Waals surface area contributed by atoms with Crippen LogP contribution < -0.4 is 14.4 Å². The molecular weight excluding hydrogens is 611 g/mol. The van der Waals surface area contributed by atoms with Gasteiger partial charge in [-0.2, -0.15) is 0 Å². The molecule has 1 aliphatic rings. The Morgan fingerprint density at radius 2 is 1.86 bits per heavy atom. The molecule has 5 rings (SSSR count). The summed E-state index contributed by atoms with van der Waals surface area (Å²) < 4.78 is 47.6. The lowest BCUT2D eigenvalue weighted by atomic mass is 10.0. The molecule has 2 aromatic heterocycles. The monoisotopic (exact) mass is 638 g/mol. The lowest BCUT2D eigenvalue weighted by Crippen LogP contribution is -2.53. The highest BCUT2D eigenvalue weighted by Crippen LogP contribution is 2.34. The van der Waals surface area contributed by atoms with Gasteiger partial charge in [-0.05, 0) is 61.9 Å². The lowest BCUT2D eigenvalue weighted by molar-refractivity contribution is -0.127. The van der Waals surface area contributed by atoms with Crippen LogP contribution in [0.25, 0.3) is 22.0 Å². The van der Waals surface area contributed by atoms with Crippen LogP contribution in [0.1, 0.15) is 13.8 Å². The summed E-state index contributed by atoms with van der Waals surface area (Å²) in [5, 5.41) is 0.485. The highest BCUT2D eigenvalue weighted by molar-refractivity contribution is 7.92. The molecule has 1 fully saturated rings. The van der Waals surface area contributed by atoms with Crippen molar-refractivity contribution in [2.24, 2.45) is 0 Å².